The van der Waals surface area contributed by atoms with Gasteiger partial charge in [-0.25, -0.2) is 0 Å². The smallest absolute Gasteiger partial charge is 0.0593 e. The summed E-state index contributed by atoms with van der Waals surface area (Å²) in [5, 5.41) is 4.67. The van der Waals surface area contributed by atoms with Crippen molar-refractivity contribution in [3.05, 3.63) is 35.0 Å². The highest BCUT2D eigenvalue weighted by Gasteiger charge is 2.20. The zero-order valence-electron chi connectivity index (χ0n) is 14.0. The maximum Gasteiger partial charge on any atom is 0.0593 e. The Bertz CT molecular complexity index is 647. The monoisotopic (exact) mass is 301 g/mol. The first-order valence-corrected chi connectivity index (χ1v) is 8.27. The highest BCUT2D eigenvalue weighted by atomic mass is 16.5. The second kappa shape index (κ2) is 6.82. The van der Waals surface area contributed by atoms with Crippen LogP contribution < -0.4 is 5.32 Å². The summed E-state index contributed by atoms with van der Waals surface area (Å²) in [6, 6.07) is 4.80. The largest absolute Gasteiger partial charge is 0.380 e. The Labute approximate surface area is 133 Å². The highest BCUT2D eigenvalue weighted by molar-refractivity contribution is 5.85. The van der Waals surface area contributed by atoms with Gasteiger partial charge in [-0.1, -0.05) is 0 Å². The van der Waals surface area contributed by atoms with Gasteiger partial charge in [0.2, 0.25) is 0 Å². The van der Waals surface area contributed by atoms with Crippen molar-refractivity contribution in [3.63, 3.8) is 0 Å². The van der Waals surface area contributed by atoms with E-state index in [0.717, 1.165) is 45.8 Å². The third kappa shape index (κ3) is 3.05. The summed E-state index contributed by atoms with van der Waals surface area (Å²) < 4.78 is 7.75. The fourth-order valence-corrected chi connectivity index (χ4v) is 3.39. The molecule has 4 nitrogen and oxygen atoms in total. The van der Waals surface area contributed by atoms with Crippen LogP contribution in [0.2, 0.25) is 0 Å². The van der Waals surface area contributed by atoms with E-state index in [2.05, 4.69) is 47.1 Å². The number of fused-ring (bicyclic) bond motifs is 2. The molecule has 0 saturated carbocycles. The third-order valence-corrected chi connectivity index (χ3v) is 4.58. The van der Waals surface area contributed by atoms with Crippen LogP contribution in [0.25, 0.3) is 10.9 Å². The number of hydrogen-bond acceptors (Lipinski definition) is 3. The van der Waals surface area contributed by atoms with Crippen molar-refractivity contribution in [2.45, 2.75) is 26.4 Å². The number of nitrogens with zero attached hydrogens (tertiary/aromatic N) is 2. The van der Waals surface area contributed by atoms with E-state index in [1.54, 1.807) is 0 Å². The quantitative estimate of drug-likeness (QED) is 0.796. The fraction of sp³-hybridized carbons (Fsp3) is 0.556. The summed E-state index contributed by atoms with van der Waals surface area (Å²) in [5.74, 6) is 0. The molecule has 1 aromatic heterocycles. The molecule has 1 aromatic carbocycles. The van der Waals surface area contributed by atoms with Crippen molar-refractivity contribution in [3.8, 4) is 0 Å². The standard InChI is InChI=1S/C18H27N3O/c1-4-22-8-7-21-12-15-9-17-14(5-6-19-2)11-20(3)18(17)10-16(15)13-21/h9-11,19H,4-8,12-13H2,1-3H3. The van der Waals surface area contributed by atoms with Gasteiger partial charge in [-0.05, 0) is 55.8 Å². The number of aromatic nitrogens is 1. The summed E-state index contributed by atoms with van der Waals surface area (Å²) in [6.07, 6.45) is 3.37. The van der Waals surface area contributed by atoms with Crippen LogP contribution in [0.15, 0.2) is 18.3 Å². The SMILES string of the molecule is CCOCCN1Cc2cc3c(CCNC)cn(C)c3cc2C1. The van der Waals surface area contributed by atoms with Crippen molar-refractivity contribution in [1.82, 2.24) is 14.8 Å². The number of benzene rings is 1. The van der Waals surface area contributed by atoms with E-state index in [-0.39, 0.29) is 0 Å². The zero-order valence-corrected chi connectivity index (χ0v) is 14.0. The van der Waals surface area contributed by atoms with Crippen LogP contribution in [0, 0.1) is 0 Å². The molecule has 1 N–H and O–H groups in total. The van der Waals surface area contributed by atoms with Gasteiger partial charge in [-0.3, -0.25) is 4.90 Å². The van der Waals surface area contributed by atoms with Crippen molar-refractivity contribution in [2.24, 2.45) is 7.05 Å². The number of likely N-dealkylation sites (N-methyl/N-ethyl adjacent to an activating group) is 1. The molecule has 0 radical (unpaired) electrons. The van der Waals surface area contributed by atoms with Gasteiger partial charge in [0.05, 0.1) is 6.61 Å². The second-order valence-corrected chi connectivity index (χ2v) is 6.16. The summed E-state index contributed by atoms with van der Waals surface area (Å²) in [4.78, 5) is 2.48. The predicted molar refractivity (Wildman–Crippen MR) is 91.2 cm³/mol. The van der Waals surface area contributed by atoms with Crippen molar-refractivity contribution in [2.75, 3.05) is 33.4 Å². The molecule has 120 valence electrons. The van der Waals surface area contributed by atoms with Gasteiger partial charge in [-0.2, -0.15) is 0 Å². The number of ether oxygens (including phenoxy) is 1. The van der Waals surface area contributed by atoms with Gasteiger partial charge in [0, 0.05) is 50.4 Å². The van der Waals surface area contributed by atoms with Crippen LogP contribution in [-0.2, 0) is 31.3 Å². The van der Waals surface area contributed by atoms with Gasteiger partial charge in [0.15, 0.2) is 0 Å². The van der Waals surface area contributed by atoms with Gasteiger partial charge in [0.25, 0.3) is 0 Å². The lowest BCUT2D eigenvalue weighted by Gasteiger charge is -2.13. The molecular weight excluding hydrogens is 274 g/mol. The molecule has 0 unspecified atom stereocenters. The van der Waals surface area contributed by atoms with Gasteiger partial charge < -0.3 is 14.6 Å². The normalized spacial score (nSPS) is 14.9. The molecular formula is C18H27N3O. The Hall–Kier alpha value is -1.36. The molecule has 3 rings (SSSR count). The number of nitrogens with one attached hydrogen (secondary N) is 1. The van der Waals surface area contributed by atoms with E-state index in [0.29, 0.717) is 0 Å². The maximum atomic E-state index is 5.49. The molecule has 1 aliphatic heterocycles. The molecule has 0 fully saturated rings. The molecule has 0 atom stereocenters. The maximum absolute atomic E-state index is 5.49. The van der Waals surface area contributed by atoms with Crippen LogP contribution in [0.5, 0.6) is 0 Å². The number of aryl methyl sites for hydroxylation is 1. The molecule has 0 aliphatic carbocycles. The van der Waals surface area contributed by atoms with Crippen molar-refractivity contribution >= 4 is 10.9 Å². The number of rotatable bonds is 7. The van der Waals surface area contributed by atoms with Gasteiger partial charge in [0.1, 0.15) is 0 Å². The summed E-state index contributed by atoms with van der Waals surface area (Å²) >= 11 is 0. The lowest BCUT2D eigenvalue weighted by Crippen LogP contribution is -2.21. The summed E-state index contributed by atoms with van der Waals surface area (Å²) in [6.45, 7) is 7.84. The fourth-order valence-electron chi connectivity index (χ4n) is 3.39. The van der Waals surface area contributed by atoms with E-state index < -0.39 is 0 Å². The molecule has 4 heteroatoms. The first kappa shape index (κ1) is 15.5. The Morgan fingerprint density at radius 3 is 2.73 bits per heavy atom. The minimum absolute atomic E-state index is 0.805. The van der Waals surface area contributed by atoms with Crippen molar-refractivity contribution in [1.29, 1.82) is 0 Å². The summed E-state index contributed by atoms with van der Waals surface area (Å²) in [5.41, 5.74) is 5.77. The third-order valence-electron chi connectivity index (χ3n) is 4.58. The lowest BCUT2D eigenvalue weighted by atomic mass is 10.0. The van der Waals surface area contributed by atoms with E-state index in [9.17, 15) is 0 Å². The Morgan fingerprint density at radius 1 is 1.23 bits per heavy atom. The Morgan fingerprint density at radius 2 is 2.00 bits per heavy atom. The molecule has 22 heavy (non-hydrogen) atoms. The topological polar surface area (TPSA) is 29.4 Å². The minimum atomic E-state index is 0.805. The first-order chi connectivity index (χ1) is 10.7. The molecule has 0 amide bonds. The van der Waals surface area contributed by atoms with E-state index in [1.165, 1.54) is 27.6 Å². The molecule has 2 heterocycles. The molecule has 0 saturated heterocycles. The average molecular weight is 301 g/mol. The lowest BCUT2D eigenvalue weighted by molar-refractivity contribution is 0.113. The van der Waals surface area contributed by atoms with Crippen LogP contribution in [-0.4, -0.2) is 42.8 Å². The highest BCUT2D eigenvalue weighted by Crippen LogP contribution is 2.30. The molecule has 1 aliphatic rings. The van der Waals surface area contributed by atoms with Gasteiger partial charge >= 0.3 is 0 Å². The van der Waals surface area contributed by atoms with Crippen LogP contribution in [0.1, 0.15) is 23.6 Å². The van der Waals surface area contributed by atoms with Crippen LogP contribution in [0.3, 0.4) is 0 Å². The average Bonchev–Trinajstić information content (AvgIpc) is 3.04. The van der Waals surface area contributed by atoms with E-state index in [4.69, 9.17) is 4.74 Å². The van der Waals surface area contributed by atoms with E-state index in [1.807, 2.05) is 7.05 Å². The minimum Gasteiger partial charge on any atom is -0.380 e. The molecule has 0 spiro atoms. The first-order valence-electron chi connectivity index (χ1n) is 8.27. The Balaban J connectivity index is 1.81. The van der Waals surface area contributed by atoms with Crippen molar-refractivity contribution < 1.29 is 4.74 Å². The van der Waals surface area contributed by atoms with Crippen LogP contribution in [0.4, 0.5) is 0 Å². The predicted octanol–water partition coefficient (Wildman–Crippen LogP) is 2.29. The Kier molecular flexibility index (Phi) is 4.81. The molecule has 2 aromatic rings. The second-order valence-electron chi connectivity index (χ2n) is 6.16. The van der Waals surface area contributed by atoms with Crippen LogP contribution >= 0.6 is 0 Å². The zero-order chi connectivity index (χ0) is 15.5. The summed E-state index contributed by atoms with van der Waals surface area (Å²) in [7, 11) is 4.17. The molecule has 0 bridgehead atoms. The number of hydrogen-bond donors (Lipinski definition) is 1. The van der Waals surface area contributed by atoms with E-state index >= 15 is 0 Å². The van der Waals surface area contributed by atoms with Gasteiger partial charge in [-0.15, -0.1) is 0 Å².